The highest BCUT2D eigenvalue weighted by molar-refractivity contribution is 6.34. The highest BCUT2D eigenvalue weighted by Crippen LogP contribution is 2.27. The van der Waals surface area contributed by atoms with E-state index in [4.69, 9.17) is 42.1 Å². The number of carbonyl (C=O) groups is 6. The van der Waals surface area contributed by atoms with Gasteiger partial charge in [-0.25, -0.2) is 19.2 Å². The van der Waals surface area contributed by atoms with E-state index in [0.717, 1.165) is 51.4 Å². The van der Waals surface area contributed by atoms with E-state index in [0.29, 0.717) is 0 Å². The molecule has 0 radical (unpaired) electrons. The Morgan fingerprint density at radius 1 is 0.484 bits per heavy atom. The van der Waals surface area contributed by atoms with Gasteiger partial charge in [0.25, 0.3) is 0 Å². The summed E-state index contributed by atoms with van der Waals surface area (Å²) >= 11 is 12.6. The number of rotatable bonds is 32. The largest absolute Gasteiger partial charge is 0.463 e. The summed E-state index contributed by atoms with van der Waals surface area (Å²) in [6.45, 7) is 13.1. The third kappa shape index (κ3) is 24.2. The van der Waals surface area contributed by atoms with E-state index in [-0.39, 0.29) is 45.8 Å². The number of ether oxygens (including phenoxy) is 4. The molecule has 12 nitrogen and oxygen atoms in total. The van der Waals surface area contributed by atoms with Crippen molar-refractivity contribution in [1.29, 1.82) is 0 Å². The Balaban J connectivity index is 0.0000101. The first-order valence-electron chi connectivity index (χ1n) is 23.7. The van der Waals surface area contributed by atoms with Crippen LogP contribution in [0.1, 0.15) is 198 Å². The Hall–Kier alpha value is -4.16. The molecule has 0 aliphatic carbocycles. The molecule has 2 N–H and O–H groups in total. The SMILES string of the molecule is CC.CCCCCCCCCCCCOC(=O)C(C)OC(=O)c1ccc(Cl)c(NC(=O)C(C)C(=O)Nc2cc(C(=O)OC(C)C(=O)OCCCCCCCCCCCC)ccc2Cl)c1. The first kappa shape index (κ1) is 57.9. The van der Waals surface area contributed by atoms with Crippen molar-refractivity contribution in [2.45, 2.75) is 189 Å². The topological polar surface area (TPSA) is 163 Å². The molecule has 2 amide bonds. The highest BCUT2D eigenvalue weighted by atomic mass is 35.5. The van der Waals surface area contributed by atoms with E-state index in [1.807, 2.05) is 13.8 Å². The molecule has 2 atom stereocenters. The molecule has 0 saturated heterocycles. The van der Waals surface area contributed by atoms with Crippen LogP contribution in [0.4, 0.5) is 11.4 Å². The van der Waals surface area contributed by atoms with Crippen LogP contribution in [-0.2, 0) is 38.1 Å². The van der Waals surface area contributed by atoms with Crippen LogP contribution >= 0.6 is 23.2 Å². The van der Waals surface area contributed by atoms with Gasteiger partial charge in [-0.15, -0.1) is 0 Å². The van der Waals surface area contributed by atoms with Crippen LogP contribution in [0, 0.1) is 5.92 Å². The van der Waals surface area contributed by atoms with E-state index in [1.54, 1.807) is 0 Å². The van der Waals surface area contributed by atoms with E-state index >= 15 is 0 Å². The fraction of sp³-hybridized carbons (Fsp3) is 0.640. The Bertz CT molecular complexity index is 1580. The number of unbranched alkanes of at least 4 members (excludes halogenated alkanes) is 18. The lowest BCUT2D eigenvalue weighted by Gasteiger charge is -2.16. The minimum absolute atomic E-state index is 0.00305. The van der Waals surface area contributed by atoms with Crippen molar-refractivity contribution < 1.29 is 47.7 Å². The van der Waals surface area contributed by atoms with Gasteiger partial charge in [-0.2, -0.15) is 0 Å². The monoisotopic (exact) mass is 934 g/mol. The number of nitrogens with one attached hydrogen (secondary N) is 2. The number of amides is 2. The van der Waals surface area contributed by atoms with Gasteiger partial charge >= 0.3 is 23.9 Å². The maximum absolute atomic E-state index is 13.2. The molecule has 2 unspecified atom stereocenters. The molecule has 64 heavy (non-hydrogen) atoms. The van der Waals surface area contributed by atoms with E-state index in [2.05, 4.69) is 24.5 Å². The summed E-state index contributed by atoms with van der Waals surface area (Å²) in [6, 6.07) is 8.04. The summed E-state index contributed by atoms with van der Waals surface area (Å²) in [6.07, 6.45) is 20.7. The Morgan fingerprint density at radius 3 is 1.09 bits per heavy atom. The number of hydrogen-bond acceptors (Lipinski definition) is 10. The summed E-state index contributed by atoms with van der Waals surface area (Å²) in [5.41, 5.74) is 0.0633. The quantitative estimate of drug-likeness (QED) is 0.0312. The zero-order chi connectivity index (χ0) is 47.7. The van der Waals surface area contributed by atoms with Gasteiger partial charge < -0.3 is 29.6 Å². The maximum atomic E-state index is 13.2. The van der Waals surface area contributed by atoms with Crippen LogP contribution in [0.5, 0.6) is 0 Å². The van der Waals surface area contributed by atoms with Crippen LogP contribution in [0.25, 0.3) is 0 Å². The van der Waals surface area contributed by atoms with E-state index in [1.165, 1.54) is 134 Å². The second-order valence-electron chi connectivity index (χ2n) is 15.9. The Morgan fingerprint density at radius 2 is 0.781 bits per heavy atom. The lowest BCUT2D eigenvalue weighted by Crippen LogP contribution is -2.32. The number of esters is 4. The molecule has 0 saturated carbocycles. The van der Waals surface area contributed by atoms with E-state index < -0.39 is 53.8 Å². The third-order valence-electron chi connectivity index (χ3n) is 10.4. The van der Waals surface area contributed by atoms with Crippen molar-refractivity contribution in [2.75, 3.05) is 23.8 Å². The van der Waals surface area contributed by atoms with Crippen molar-refractivity contribution in [3.8, 4) is 0 Å². The zero-order valence-corrected chi connectivity index (χ0v) is 41.1. The van der Waals surface area contributed by atoms with Gasteiger partial charge in [-0.1, -0.05) is 166 Å². The maximum Gasteiger partial charge on any atom is 0.347 e. The van der Waals surface area contributed by atoms with Crippen LogP contribution in [0.3, 0.4) is 0 Å². The minimum atomic E-state index is -1.30. The summed E-state index contributed by atoms with van der Waals surface area (Å²) in [5.74, 6) is -5.84. The van der Waals surface area contributed by atoms with Gasteiger partial charge in [0, 0.05) is 0 Å². The molecule has 0 spiro atoms. The first-order chi connectivity index (χ1) is 30.8. The van der Waals surface area contributed by atoms with Gasteiger partial charge in [0.15, 0.2) is 12.2 Å². The Labute approximate surface area is 392 Å². The van der Waals surface area contributed by atoms with Crippen LogP contribution in [0.15, 0.2) is 36.4 Å². The normalized spacial score (nSPS) is 12.1. The van der Waals surface area contributed by atoms with Crippen molar-refractivity contribution in [2.24, 2.45) is 5.92 Å². The van der Waals surface area contributed by atoms with Crippen molar-refractivity contribution in [3.63, 3.8) is 0 Å². The Kier molecular flexibility index (Phi) is 31.8. The van der Waals surface area contributed by atoms with Gasteiger partial charge in [-0.3, -0.25) is 9.59 Å². The molecule has 360 valence electrons. The van der Waals surface area contributed by atoms with Crippen molar-refractivity contribution >= 4 is 70.3 Å². The molecule has 0 aliphatic rings. The summed E-state index contributed by atoms with van der Waals surface area (Å²) in [4.78, 5) is 77.1. The number of carbonyl (C=O) groups excluding carboxylic acids is 6. The van der Waals surface area contributed by atoms with Crippen molar-refractivity contribution in [3.05, 3.63) is 57.6 Å². The predicted molar refractivity (Wildman–Crippen MR) is 256 cm³/mol. The average molecular weight is 936 g/mol. The number of benzene rings is 2. The molecule has 0 aliphatic heterocycles. The molecular formula is C50H76Cl2N2O10. The standard InChI is InChI=1S/C48H70Cl2N2O10.C2H6/c1-6-8-10-12-14-16-18-20-22-24-30-59-45(55)35(4)61-47(57)37-26-28-39(49)41(32-37)51-43(53)34(3)44(54)52-42-33-38(27-29-40(42)50)48(58)62-36(5)46(56)60-31-25-23-21-19-17-15-13-11-9-7-2;1-2/h26-29,32-36H,6-25,30-31H2,1-5H3,(H,51,53)(H,52,54);1-2H3. The van der Waals surface area contributed by atoms with Gasteiger partial charge in [0.2, 0.25) is 11.8 Å². The molecule has 0 bridgehead atoms. The lowest BCUT2D eigenvalue weighted by atomic mass is 10.1. The minimum Gasteiger partial charge on any atom is -0.463 e. The smallest absolute Gasteiger partial charge is 0.347 e. The average Bonchev–Trinajstić information content (AvgIpc) is 3.28. The number of halogens is 2. The molecule has 0 fully saturated rings. The highest BCUT2D eigenvalue weighted by Gasteiger charge is 2.26. The molecule has 2 rings (SSSR count). The fourth-order valence-electron chi connectivity index (χ4n) is 6.41. The van der Waals surface area contributed by atoms with Crippen molar-refractivity contribution in [1.82, 2.24) is 0 Å². The molecule has 2 aromatic carbocycles. The second kappa shape index (κ2) is 35.1. The van der Waals surface area contributed by atoms with Gasteiger partial charge in [0.1, 0.15) is 5.92 Å². The first-order valence-corrected chi connectivity index (χ1v) is 24.5. The summed E-state index contributed by atoms with van der Waals surface area (Å²) < 4.78 is 21.2. The van der Waals surface area contributed by atoms with Gasteiger partial charge in [0.05, 0.1) is 45.8 Å². The zero-order valence-electron chi connectivity index (χ0n) is 39.6. The molecular weight excluding hydrogens is 859 g/mol. The van der Waals surface area contributed by atoms with Crippen LogP contribution in [0.2, 0.25) is 10.0 Å². The third-order valence-corrected chi connectivity index (χ3v) is 11.1. The lowest BCUT2D eigenvalue weighted by molar-refractivity contribution is -0.153. The summed E-state index contributed by atoms with van der Waals surface area (Å²) in [5, 5.41) is 5.25. The molecule has 0 aromatic heterocycles. The van der Waals surface area contributed by atoms with Crippen LogP contribution < -0.4 is 10.6 Å². The van der Waals surface area contributed by atoms with Crippen LogP contribution in [-0.4, -0.2) is 61.1 Å². The predicted octanol–water partition coefficient (Wildman–Crippen LogP) is 13.3. The summed E-state index contributed by atoms with van der Waals surface area (Å²) in [7, 11) is 0. The fourth-order valence-corrected chi connectivity index (χ4v) is 6.74. The van der Waals surface area contributed by atoms with Gasteiger partial charge in [-0.05, 0) is 70.0 Å². The molecule has 2 aromatic rings. The number of hydrogen-bond donors (Lipinski definition) is 2. The molecule has 14 heteroatoms. The second-order valence-corrected chi connectivity index (χ2v) is 16.7. The van der Waals surface area contributed by atoms with E-state index in [9.17, 15) is 28.8 Å². The number of anilines is 2. The molecule has 0 heterocycles.